The van der Waals surface area contributed by atoms with Crippen LogP contribution in [-0.4, -0.2) is 43.5 Å². The first-order valence-corrected chi connectivity index (χ1v) is 6.85. The minimum Gasteiger partial charge on any atom is -0.444 e. The summed E-state index contributed by atoms with van der Waals surface area (Å²) in [6.45, 7) is 7.57. The van der Waals surface area contributed by atoms with Crippen molar-refractivity contribution in [3.05, 3.63) is 16.9 Å². The number of nitrogens with one attached hydrogen (secondary N) is 2. The van der Waals surface area contributed by atoms with Gasteiger partial charge in [0.15, 0.2) is 0 Å². The summed E-state index contributed by atoms with van der Waals surface area (Å²) in [6, 6.07) is 2.07. The van der Waals surface area contributed by atoms with Gasteiger partial charge in [-0.15, -0.1) is 0 Å². The topological polar surface area (TPSA) is 81.3 Å². The van der Waals surface area contributed by atoms with Crippen molar-refractivity contribution in [1.82, 2.24) is 10.2 Å². The van der Waals surface area contributed by atoms with E-state index in [9.17, 15) is 4.79 Å². The highest BCUT2D eigenvalue weighted by molar-refractivity contribution is 5.92. The lowest BCUT2D eigenvalue weighted by Crippen LogP contribution is -2.35. The molecule has 0 spiro atoms. The summed E-state index contributed by atoms with van der Waals surface area (Å²) >= 11 is 0. The first-order chi connectivity index (χ1) is 9.61. The normalized spacial score (nSPS) is 16.4. The Morgan fingerprint density at radius 2 is 2.25 bits per heavy atom. The molecule has 0 atom stereocenters. The number of nitriles is 1. The molecule has 6 heteroatoms. The van der Waals surface area contributed by atoms with Gasteiger partial charge in [0.25, 0.3) is 0 Å². The van der Waals surface area contributed by atoms with E-state index >= 15 is 0 Å². The van der Waals surface area contributed by atoms with E-state index < -0.39 is 0 Å². The zero-order valence-corrected chi connectivity index (χ0v) is 12.0. The Hall–Kier alpha value is -1.84. The van der Waals surface area contributed by atoms with Crippen LogP contribution in [0.5, 0.6) is 0 Å². The summed E-state index contributed by atoms with van der Waals surface area (Å²) in [5.74, 6) is 0.786. The van der Waals surface area contributed by atoms with Crippen molar-refractivity contribution in [3.63, 3.8) is 0 Å². The van der Waals surface area contributed by atoms with Crippen LogP contribution in [-0.2, 0) is 4.79 Å². The summed E-state index contributed by atoms with van der Waals surface area (Å²) in [5.41, 5.74) is 1.19. The third-order valence-electron chi connectivity index (χ3n) is 3.55. The van der Waals surface area contributed by atoms with Crippen LogP contribution in [0.1, 0.15) is 23.3 Å². The number of aryl methyl sites for hydroxylation is 1. The molecule has 108 valence electrons. The number of amides is 1. The molecule has 1 aromatic heterocycles. The lowest BCUT2D eigenvalue weighted by molar-refractivity contribution is -0.117. The SMILES string of the molecule is Cc1oc(NC(=O)CN2CCCNCC2)c(C#N)c1C. The Balaban J connectivity index is 1.97. The number of anilines is 1. The Labute approximate surface area is 118 Å². The van der Waals surface area contributed by atoms with Gasteiger partial charge in [-0.05, 0) is 33.4 Å². The molecule has 0 bridgehead atoms. The zero-order chi connectivity index (χ0) is 14.5. The summed E-state index contributed by atoms with van der Waals surface area (Å²) in [4.78, 5) is 14.1. The molecule has 0 saturated carbocycles. The lowest BCUT2D eigenvalue weighted by Gasteiger charge is -2.18. The van der Waals surface area contributed by atoms with Crippen LogP contribution < -0.4 is 10.6 Å². The highest BCUT2D eigenvalue weighted by Crippen LogP contribution is 2.25. The fourth-order valence-corrected chi connectivity index (χ4v) is 2.28. The Morgan fingerprint density at radius 3 is 3.00 bits per heavy atom. The Morgan fingerprint density at radius 1 is 1.45 bits per heavy atom. The van der Waals surface area contributed by atoms with Crippen molar-refractivity contribution in [1.29, 1.82) is 5.26 Å². The van der Waals surface area contributed by atoms with Crippen molar-refractivity contribution in [2.45, 2.75) is 20.3 Å². The van der Waals surface area contributed by atoms with E-state index in [1.807, 2.05) is 6.92 Å². The minimum absolute atomic E-state index is 0.142. The maximum absolute atomic E-state index is 12.0. The number of carbonyl (C=O) groups is 1. The molecular weight excluding hydrogens is 256 g/mol. The lowest BCUT2D eigenvalue weighted by atomic mass is 10.2. The van der Waals surface area contributed by atoms with E-state index in [1.165, 1.54) is 0 Å². The van der Waals surface area contributed by atoms with E-state index in [0.717, 1.165) is 38.2 Å². The third kappa shape index (κ3) is 3.38. The number of rotatable bonds is 3. The van der Waals surface area contributed by atoms with Crippen LogP contribution in [0, 0.1) is 25.2 Å². The van der Waals surface area contributed by atoms with Crippen LogP contribution >= 0.6 is 0 Å². The molecule has 2 N–H and O–H groups in total. The molecule has 1 aliphatic rings. The number of furan rings is 1. The Kier molecular flexibility index (Phi) is 4.77. The summed E-state index contributed by atoms with van der Waals surface area (Å²) < 4.78 is 5.44. The molecule has 1 aliphatic heterocycles. The summed E-state index contributed by atoms with van der Waals surface area (Å²) in [7, 11) is 0. The smallest absolute Gasteiger partial charge is 0.240 e. The number of hydrogen-bond donors (Lipinski definition) is 2. The van der Waals surface area contributed by atoms with Crippen molar-refractivity contribution in [2.75, 3.05) is 38.0 Å². The molecule has 2 heterocycles. The second-order valence-corrected chi connectivity index (χ2v) is 5.03. The van der Waals surface area contributed by atoms with Gasteiger partial charge in [0.1, 0.15) is 17.4 Å². The zero-order valence-electron chi connectivity index (χ0n) is 12.0. The van der Waals surface area contributed by atoms with Crippen molar-refractivity contribution in [3.8, 4) is 6.07 Å². The van der Waals surface area contributed by atoms with Crippen LogP contribution in [0.3, 0.4) is 0 Å². The predicted molar refractivity (Wildman–Crippen MR) is 75.5 cm³/mol. The maximum atomic E-state index is 12.0. The average Bonchev–Trinajstić information content (AvgIpc) is 2.61. The molecule has 6 nitrogen and oxygen atoms in total. The monoisotopic (exact) mass is 276 g/mol. The second kappa shape index (κ2) is 6.55. The van der Waals surface area contributed by atoms with E-state index in [-0.39, 0.29) is 11.8 Å². The van der Waals surface area contributed by atoms with Crippen LogP contribution in [0.2, 0.25) is 0 Å². The molecule has 0 aromatic carbocycles. The minimum atomic E-state index is -0.142. The van der Waals surface area contributed by atoms with Gasteiger partial charge in [-0.2, -0.15) is 5.26 Å². The average molecular weight is 276 g/mol. The molecule has 20 heavy (non-hydrogen) atoms. The number of carbonyl (C=O) groups excluding carboxylic acids is 1. The van der Waals surface area contributed by atoms with Gasteiger partial charge in [-0.1, -0.05) is 0 Å². The molecule has 1 fully saturated rings. The fourth-order valence-electron chi connectivity index (χ4n) is 2.28. The molecule has 1 amide bonds. The first kappa shape index (κ1) is 14.6. The van der Waals surface area contributed by atoms with Crippen molar-refractivity contribution >= 4 is 11.8 Å². The van der Waals surface area contributed by atoms with Gasteiger partial charge >= 0.3 is 0 Å². The fraction of sp³-hybridized carbons (Fsp3) is 0.571. The molecule has 0 unspecified atom stereocenters. The maximum Gasteiger partial charge on any atom is 0.240 e. The second-order valence-electron chi connectivity index (χ2n) is 5.03. The van der Waals surface area contributed by atoms with Gasteiger partial charge in [0, 0.05) is 18.7 Å². The van der Waals surface area contributed by atoms with Gasteiger partial charge in [-0.3, -0.25) is 15.0 Å². The first-order valence-electron chi connectivity index (χ1n) is 6.85. The van der Waals surface area contributed by atoms with Gasteiger partial charge in [0.05, 0.1) is 6.54 Å². The van der Waals surface area contributed by atoms with Gasteiger partial charge in [0.2, 0.25) is 11.8 Å². The van der Waals surface area contributed by atoms with E-state index in [0.29, 0.717) is 17.9 Å². The highest BCUT2D eigenvalue weighted by atomic mass is 16.4. The van der Waals surface area contributed by atoms with E-state index in [4.69, 9.17) is 9.68 Å². The Bertz CT molecular complexity index is 522. The quantitative estimate of drug-likeness (QED) is 0.861. The number of hydrogen-bond acceptors (Lipinski definition) is 5. The number of nitrogens with zero attached hydrogens (tertiary/aromatic N) is 2. The largest absolute Gasteiger partial charge is 0.444 e. The van der Waals surface area contributed by atoms with Crippen LogP contribution in [0.25, 0.3) is 0 Å². The predicted octanol–water partition coefficient (Wildman–Crippen LogP) is 1.00. The van der Waals surface area contributed by atoms with E-state index in [2.05, 4.69) is 21.6 Å². The van der Waals surface area contributed by atoms with Crippen LogP contribution in [0.4, 0.5) is 5.88 Å². The molecule has 0 aliphatic carbocycles. The molecule has 2 rings (SSSR count). The molecular formula is C14H20N4O2. The van der Waals surface area contributed by atoms with Crippen molar-refractivity contribution in [2.24, 2.45) is 0 Å². The molecule has 1 aromatic rings. The van der Waals surface area contributed by atoms with Crippen molar-refractivity contribution < 1.29 is 9.21 Å². The van der Waals surface area contributed by atoms with Gasteiger partial charge in [-0.25, -0.2) is 0 Å². The van der Waals surface area contributed by atoms with Gasteiger partial charge < -0.3 is 9.73 Å². The molecule has 1 saturated heterocycles. The van der Waals surface area contributed by atoms with E-state index in [1.54, 1.807) is 6.92 Å². The van der Waals surface area contributed by atoms with Crippen LogP contribution in [0.15, 0.2) is 4.42 Å². The third-order valence-corrected chi connectivity index (χ3v) is 3.55. The standard InChI is InChI=1S/C14H20N4O2/c1-10-11(2)20-14(12(10)8-15)17-13(19)9-18-6-3-4-16-5-7-18/h16H,3-7,9H2,1-2H3,(H,17,19). The highest BCUT2D eigenvalue weighted by Gasteiger charge is 2.18. The summed E-state index contributed by atoms with van der Waals surface area (Å²) in [5, 5.41) is 15.1. The molecule has 0 radical (unpaired) electrons. The summed E-state index contributed by atoms with van der Waals surface area (Å²) in [6.07, 6.45) is 1.04.